The molecule has 1 heterocycles. The molecular weight excluding hydrogens is 278 g/mol. The molecule has 1 aromatic heterocycles. The van der Waals surface area contributed by atoms with Crippen molar-refractivity contribution in [3.63, 3.8) is 0 Å². The van der Waals surface area contributed by atoms with E-state index in [-0.39, 0.29) is 23.8 Å². The molecular formula is C15H14F2N2O2. The highest BCUT2D eigenvalue weighted by Crippen LogP contribution is 2.31. The maximum Gasteiger partial charge on any atom is 0.256 e. The van der Waals surface area contributed by atoms with Gasteiger partial charge in [-0.1, -0.05) is 0 Å². The second-order valence-corrected chi connectivity index (χ2v) is 5.10. The zero-order valence-electron chi connectivity index (χ0n) is 11.2. The van der Waals surface area contributed by atoms with Crippen molar-refractivity contribution in [2.24, 2.45) is 0 Å². The number of anilines is 1. The highest BCUT2D eigenvalue weighted by atomic mass is 19.2. The van der Waals surface area contributed by atoms with Crippen LogP contribution in [0.4, 0.5) is 14.5 Å². The largest absolute Gasteiger partial charge is 0.467 e. The Morgan fingerprint density at radius 2 is 2.05 bits per heavy atom. The maximum atomic E-state index is 13.4. The number of furan rings is 1. The fraction of sp³-hybridized carbons (Fsp3) is 0.267. The van der Waals surface area contributed by atoms with Gasteiger partial charge in [0.15, 0.2) is 11.6 Å². The van der Waals surface area contributed by atoms with Crippen LogP contribution >= 0.6 is 0 Å². The summed E-state index contributed by atoms with van der Waals surface area (Å²) in [6.45, 7) is 0.287. The number of nitrogen functional groups attached to an aromatic ring is 1. The standard InChI is InChI=1S/C15H14F2N2O2/c16-12-6-11(14(18)7-13(12)17)15(20)19(9-3-4-9)8-10-2-1-5-21-10/h1-2,5-7,9H,3-4,8,18H2. The number of benzene rings is 1. The van der Waals surface area contributed by atoms with Crippen LogP contribution in [0.1, 0.15) is 29.0 Å². The minimum absolute atomic E-state index is 0.0210. The van der Waals surface area contributed by atoms with Crippen LogP contribution in [-0.4, -0.2) is 16.8 Å². The van der Waals surface area contributed by atoms with E-state index in [1.54, 1.807) is 17.0 Å². The number of hydrogen-bond donors (Lipinski definition) is 1. The summed E-state index contributed by atoms with van der Waals surface area (Å²) in [6.07, 6.45) is 3.29. The molecule has 2 N–H and O–H groups in total. The first-order valence-corrected chi connectivity index (χ1v) is 6.64. The van der Waals surface area contributed by atoms with Crippen molar-refractivity contribution in [3.8, 4) is 0 Å². The van der Waals surface area contributed by atoms with E-state index in [1.165, 1.54) is 6.26 Å². The highest BCUT2D eigenvalue weighted by molar-refractivity contribution is 5.99. The third-order valence-corrected chi connectivity index (χ3v) is 3.48. The summed E-state index contributed by atoms with van der Waals surface area (Å²) in [7, 11) is 0. The van der Waals surface area contributed by atoms with Crippen molar-refractivity contribution in [1.82, 2.24) is 4.90 Å². The third kappa shape index (κ3) is 2.74. The normalized spacial score (nSPS) is 14.2. The minimum Gasteiger partial charge on any atom is -0.467 e. The van der Waals surface area contributed by atoms with Crippen LogP contribution in [0.5, 0.6) is 0 Å². The molecule has 4 nitrogen and oxygen atoms in total. The van der Waals surface area contributed by atoms with Gasteiger partial charge >= 0.3 is 0 Å². The quantitative estimate of drug-likeness (QED) is 0.881. The Morgan fingerprint density at radius 1 is 1.33 bits per heavy atom. The summed E-state index contributed by atoms with van der Waals surface area (Å²) in [6, 6.07) is 5.27. The fourth-order valence-corrected chi connectivity index (χ4v) is 2.23. The molecule has 1 saturated carbocycles. The second-order valence-electron chi connectivity index (χ2n) is 5.10. The summed E-state index contributed by atoms with van der Waals surface area (Å²) in [5, 5.41) is 0. The van der Waals surface area contributed by atoms with E-state index >= 15 is 0 Å². The predicted octanol–water partition coefficient (Wildman–Crippen LogP) is 2.94. The Balaban J connectivity index is 1.89. The first-order chi connectivity index (χ1) is 10.1. The molecule has 0 atom stereocenters. The fourth-order valence-electron chi connectivity index (χ4n) is 2.23. The SMILES string of the molecule is Nc1cc(F)c(F)cc1C(=O)N(Cc1ccco1)C1CC1. The van der Waals surface area contributed by atoms with Crippen LogP contribution < -0.4 is 5.73 Å². The Labute approximate surface area is 120 Å². The molecule has 1 fully saturated rings. The van der Waals surface area contributed by atoms with Gasteiger partial charge in [0.25, 0.3) is 5.91 Å². The van der Waals surface area contributed by atoms with E-state index in [1.807, 2.05) is 0 Å². The molecule has 6 heteroatoms. The van der Waals surface area contributed by atoms with Gasteiger partial charge in [-0.3, -0.25) is 4.79 Å². The summed E-state index contributed by atoms with van der Waals surface area (Å²) in [4.78, 5) is 14.1. The Bertz CT molecular complexity index is 667. The van der Waals surface area contributed by atoms with Crippen molar-refractivity contribution in [2.75, 3.05) is 5.73 Å². The molecule has 1 aromatic carbocycles. The molecule has 0 radical (unpaired) electrons. The molecule has 1 amide bonds. The molecule has 1 aliphatic rings. The number of nitrogens with zero attached hydrogens (tertiary/aromatic N) is 1. The van der Waals surface area contributed by atoms with E-state index in [9.17, 15) is 13.6 Å². The first kappa shape index (κ1) is 13.6. The topological polar surface area (TPSA) is 59.5 Å². The van der Waals surface area contributed by atoms with Gasteiger partial charge < -0.3 is 15.1 Å². The highest BCUT2D eigenvalue weighted by Gasteiger charge is 2.34. The molecule has 0 bridgehead atoms. The minimum atomic E-state index is -1.08. The molecule has 0 spiro atoms. The van der Waals surface area contributed by atoms with Crippen molar-refractivity contribution >= 4 is 11.6 Å². The van der Waals surface area contributed by atoms with Crippen LogP contribution in [0.25, 0.3) is 0 Å². The van der Waals surface area contributed by atoms with E-state index in [0.29, 0.717) is 5.76 Å². The monoisotopic (exact) mass is 292 g/mol. The van der Waals surface area contributed by atoms with Crippen molar-refractivity contribution < 1.29 is 18.0 Å². The van der Waals surface area contributed by atoms with Gasteiger partial charge in [0.05, 0.1) is 18.4 Å². The predicted molar refractivity (Wildman–Crippen MR) is 72.4 cm³/mol. The molecule has 110 valence electrons. The molecule has 0 unspecified atom stereocenters. The summed E-state index contributed by atoms with van der Waals surface area (Å²) in [5.41, 5.74) is 5.56. The van der Waals surface area contributed by atoms with E-state index in [2.05, 4.69) is 0 Å². The molecule has 1 aliphatic carbocycles. The third-order valence-electron chi connectivity index (χ3n) is 3.48. The molecule has 0 saturated heterocycles. The van der Waals surface area contributed by atoms with Crippen molar-refractivity contribution in [1.29, 1.82) is 0 Å². The van der Waals surface area contributed by atoms with Gasteiger partial charge in [0.2, 0.25) is 0 Å². The zero-order chi connectivity index (χ0) is 15.0. The van der Waals surface area contributed by atoms with Gasteiger partial charge in [0.1, 0.15) is 5.76 Å². The number of nitrogens with two attached hydrogens (primary N) is 1. The zero-order valence-corrected chi connectivity index (χ0v) is 11.2. The number of rotatable bonds is 4. The number of carbonyl (C=O) groups excluding carboxylic acids is 1. The van der Waals surface area contributed by atoms with Gasteiger partial charge in [-0.2, -0.15) is 0 Å². The number of halogens is 2. The lowest BCUT2D eigenvalue weighted by molar-refractivity contribution is 0.0718. The van der Waals surface area contributed by atoms with Gasteiger partial charge in [-0.15, -0.1) is 0 Å². The average molecular weight is 292 g/mol. The Hall–Kier alpha value is -2.37. The van der Waals surface area contributed by atoms with E-state index in [4.69, 9.17) is 10.2 Å². The molecule has 2 aromatic rings. The van der Waals surface area contributed by atoms with Gasteiger partial charge in [-0.05, 0) is 31.0 Å². The van der Waals surface area contributed by atoms with E-state index in [0.717, 1.165) is 25.0 Å². The van der Waals surface area contributed by atoms with Crippen LogP contribution in [-0.2, 0) is 6.54 Å². The smallest absolute Gasteiger partial charge is 0.256 e. The average Bonchev–Trinajstić information content (AvgIpc) is 3.16. The lowest BCUT2D eigenvalue weighted by Gasteiger charge is -2.22. The van der Waals surface area contributed by atoms with E-state index < -0.39 is 17.5 Å². The second kappa shape index (κ2) is 5.20. The maximum absolute atomic E-state index is 13.4. The Morgan fingerprint density at radius 3 is 2.67 bits per heavy atom. The van der Waals surface area contributed by atoms with Crippen molar-refractivity contribution in [2.45, 2.75) is 25.4 Å². The Kier molecular flexibility index (Phi) is 3.37. The molecule has 21 heavy (non-hydrogen) atoms. The lowest BCUT2D eigenvalue weighted by Crippen LogP contribution is -2.33. The van der Waals surface area contributed by atoms with Crippen LogP contribution in [0.2, 0.25) is 0 Å². The van der Waals surface area contributed by atoms with Crippen molar-refractivity contribution in [3.05, 3.63) is 53.5 Å². The summed E-state index contributed by atoms with van der Waals surface area (Å²) >= 11 is 0. The summed E-state index contributed by atoms with van der Waals surface area (Å²) < 4.78 is 31.7. The molecule has 0 aliphatic heterocycles. The van der Waals surface area contributed by atoms with Crippen LogP contribution in [0.3, 0.4) is 0 Å². The van der Waals surface area contributed by atoms with Gasteiger partial charge in [0, 0.05) is 17.8 Å². The lowest BCUT2D eigenvalue weighted by atomic mass is 10.1. The molecule has 3 rings (SSSR count). The van der Waals surface area contributed by atoms with Crippen LogP contribution in [0.15, 0.2) is 34.9 Å². The van der Waals surface area contributed by atoms with Crippen LogP contribution in [0, 0.1) is 11.6 Å². The number of carbonyl (C=O) groups is 1. The number of amides is 1. The summed E-state index contributed by atoms with van der Waals surface area (Å²) in [5.74, 6) is -1.92. The first-order valence-electron chi connectivity index (χ1n) is 6.64. The van der Waals surface area contributed by atoms with Gasteiger partial charge in [-0.25, -0.2) is 8.78 Å². The number of hydrogen-bond acceptors (Lipinski definition) is 3.